The van der Waals surface area contributed by atoms with E-state index >= 15 is 0 Å². The maximum absolute atomic E-state index is 13.1. The molecule has 2 amide bonds. The van der Waals surface area contributed by atoms with Gasteiger partial charge in [0.1, 0.15) is 11.6 Å². The quantitative estimate of drug-likeness (QED) is 0.469. The third-order valence-electron chi connectivity index (χ3n) is 5.05. The number of ether oxygens (including phenoxy) is 1. The molecule has 0 atom stereocenters. The molecule has 10 nitrogen and oxygen atoms in total. The zero-order valence-electron chi connectivity index (χ0n) is 18.0. The maximum Gasteiger partial charge on any atom is 0.241 e. The molecule has 0 radical (unpaired) electrons. The number of carbonyl (C=O) groups is 2. The summed E-state index contributed by atoms with van der Waals surface area (Å²) in [4.78, 5) is 28.5. The van der Waals surface area contributed by atoms with Crippen LogP contribution >= 0.6 is 0 Å². The van der Waals surface area contributed by atoms with Crippen molar-refractivity contribution in [3.8, 4) is 0 Å². The van der Waals surface area contributed by atoms with E-state index in [1.54, 1.807) is 12.1 Å². The highest BCUT2D eigenvalue weighted by Gasteiger charge is 2.22. The lowest BCUT2D eigenvalue weighted by molar-refractivity contribution is -0.135. The van der Waals surface area contributed by atoms with Crippen molar-refractivity contribution in [2.75, 3.05) is 52.5 Å². The molecule has 3 rings (SSSR count). The van der Waals surface area contributed by atoms with Crippen LogP contribution in [-0.2, 0) is 30.9 Å². The zero-order valence-corrected chi connectivity index (χ0v) is 18.9. The van der Waals surface area contributed by atoms with Crippen molar-refractivity contribution in [3.63, 3.8) is 0 Å². The number of furan rings is 1. The van der Waals surface area contributed by atoms with Crippen LogP contribution in [0.15, 0.2) is 52.0 Å². The average molecular weight is 483 g/mol. The van der Waals surface area contributed by atoms with Gasteiger partial charge in [0, 0.05) is 26.2 Å². The van der Waals surface area contributed by atoms with E-state index in [1.807, 2.05) is 0 Å². The molecular weight excluding hydrogens is 455 g/mol. The SMILES string of the molecule is O=C(CN(CCN1CCOCC1)C(=O)CNS(=O)(=O)c1ccc(F)cc1)NCc1ccco1. The highest BCUT2D eigenvalue weighted by molar-refractivity contribution is 7.89. The lowest BCUT2D eigenvalue weighted by Crippen LogP contribution is -2.48. The number of hydrogen-bond acceptors (Lipinski definition) is 7. The molecule has 33 heavy (non-hydrogen) atoms. The van der Waals surface area contributed by atoms with Crippen molar-refractivity contribution in [2.45, 2.75) is 11.4 Å². The molecule has 2 N–H and O–H groups in total. The fourth-order valence-electron chi connectivity index (χ4n) is 3.17. The summed E-state index contributed by atoms with van der Waals surface area (Å²) in [5, 5.41) is 2.68. The van der Waals surface area contributed by atoms with Crippen molar-refractivity contribution >= 4 is 21.8 Å². The van der Waals surface area contributed by atoms with E-state index in [4.69, 9.17) is 9.15 Å². The zero-order chi connectivity index (χ0) is 23.7. The average Bonchev–Trinajstić information content (AvgIpc) is 3.33. The minimum absolute atomic E-state index is 0.159. The predicted molar refractivity (Wildman–Crippen MR) is 116 cm³/mol. The lowest BCUT2D eigenvalue weighted by atomic mass is 10.3. The number of amides is 2. The van der Waals surface area contributed by atoms with Crippen LogP contribution < -0.4 is 10.0 Å². The topological polar surface area (TPSA) is 121 Å². The molecule has 2 aromatic rings. The second-order valence-corrected chi connectivity index (χ2v) is 9.17. The van der Waals surface area contributed by atoms with E-state index in [1.165, 1.54) is 11.2 Å². The number of morpholine rings is 1. The molecule has 180 valence electrons. The number of rotatable bonds is 11. The minimum atomic E-state index is -4.01. The molecule has 1 aliphatic heterocycles. The van der Waals surface area contributed by atoms with Gasteiger partial charge in [0.15, 0.2) is 0 Å². The van der Waals surface area contributed by atoms with Crippen LogP contribution in [0.25, 0.3) is 0 Å². The second-order valence-electron chi connectivity index (χ2n) is 7.40. The van der Waals surface area contributed by atoms with Gasteiger partial charge in [0.05, 0.1) is 44.0 Å². The van der Waals surface area contributed by atoms with Crippen LogP contribution in [0.3, 0.4) is 0 Å². The first-order valence-corrected chi connectivity index (χ1v) is 11.9. The molecule has 1 aromatic carbocycles. The minimum Gasteiger partial charge on any atom is -0.467 e. The van der Waals surface area contributed by atoms with Crippen LogP contribution in [0.5, 0.6) is 0 Å². The van der Waals surface area contributed by atoms with Gasteiger partial charge >= 0.3 is 0 Å². The number of nitrogens with zero attached hydrogens (tertiary/aromatic N) is 2. The molecule has 1 aromatic heterocycles. The van der Waals surface area contributed by atoms with Crippen LogP contribution in [0, 0.1) is 5.82 Å². The summed E-state index contributed by atoms with van der Waals surface area (Å²) in [6.07, 6.45) is 1.49. The predicted octanol–water partition coefficient (Wildman–Crippen LogP) is 0.174. The first kappa shape index (κ1) is 24.8. The van der Waals surface area contributed by atoms with E-state index in [0.29, 0.717) is 38.6 Å². The van der Waals surface area contributed by atoms with Gasteiger partial charge in [0.25, 0.3) is 0 Å². The summed E-state index contributed by atoms with van der Waals surface area (Å²) >= 11 is 0. The third kappa shape index (κ3) is 7.93. The number of nitrogens with one attached hydrogen (secondary N) is 2. The Labute approximate surface area is 191 Å². The standard InChI is InChI=1S/C21H27FN4O6S/c22-17-3-5-19(6-4-17)33(29,30)24-15-21(28)26(8-7-25-9-12-31-13-10-25)16-20(27)23-14-18-2-1-11-32-18/h1-6,11,24H,7-10,12-16H2,(H,23,27). The Kier molecular flexibility index (Phi) is 8.95. The molecule has 0 saturated carbocycles. The Morgan fingerprint density at radius 2 is 1.85 bits per heavy atom. The van der Waals surface area contributed by atoms with Crippen molar-refractivity contribution in [2.24, 2.45) is 0 Å². The van der Waals surface area contributed by atoms with Gasteiger partial charge < -0.3 is 19.4 Å². The molecule has 0 bridgehead atoms. The summed E-state index contributed by atoms with van der Waals surface area (Å²) in [6, 6.07) is 7.68. The molecule has 0 unspecified atom stereocenters. The van der Waals surface area contributed by atoms with E-state index in [9.17, 15) is 22.4 Å². The van der Waals surface area contributed by atoms with Gasteiger partial charge in [0.2, 0.25) is 21.8 Å². The Morgan fingerprint density at radius 1 is 1.12 bits per heavy atom. The summed E-state index contributed by atoms with van der Waals surface area (Å²) in [7, 11) is -4.01. The van der Waals surface area contributed by atoms with E-state index in [0.717, 1.165) is 24.3 Å². The fraction of sp³-hybridized carbons (Fsp3) is 0.429. The van der Waals surface area contributed by atoms with Gasteiger partial charge in [-0.3, -0.25) is 14.5 Å². The Hall–Kier alpha value is -2.80. The van der Waals surface area contributed by atoms with Gasteiger partial charge in [-0.1, -0.05) is 0 Å². The highest BCUT2D eigenvalue weighted by Crippen LogP contribution is 2.09. The van der Waals surface area contributed by atoms with Gasteiger partial charge in [-0.15, -0.1) is 0 Å². The molecule has 0 aliphatic carbocycles. The van der Waals surface area contributed by atoms with Crippen LogP contribution in [-0.4, -0.2) is 82.5 Å². The van der Waals surface area contributed by atoms with E-state index < -0.39 is 34.2 Å². The van der Waals surface area contributed by atoms with Crippen molar-refractivity contribution in [1.82, 2.24) is 19.8 Å². The number of sulfonamides is 1. The Bertz CT molecular complexity index is 1010. The molecule has 1 aliphatic rings. The first-order chi connectivity index (χ1) is 15.8. The number of hydrogen-bond donors (Lipinski definition) is 2. The highest BCUT2D eigenvalue weighted by atomic mass is 32.2. The molecular formula is C21H27FN4O6S. The van der Waals surface area contributed by atoms with E-state index in [2.05, 4.69) is 14.9 Å². The molecule has 12 heteroatoms. The molecule has 1 fully saturated rings. The summed E-state index contributed by atoms with van der Waals surface area (Å²) in [6.45, 7) is 2.78. The first-order valence-electron chi connectivity index (χ1n) is 10.5. The monoisotopic (exact) mass is 482 g/mol. The van der Waals surface area contributed by atoms with Gasteiger partial charge in [-0.25, -0.2) is 17.5 Å². The lowest BCUT2D eigenvalue weighted by Gasteiger charge is -2.30. The van der Waals surface area contributed by atoms with Crippen LogP contribution in [0.2, 0.25) is 0 Å². The summed E-state index contributed by atoms with van der Waals surface area (Å²) in [5.41, 5.74) is 0. The number of halogens is 1. The van der Waals surface area contributed by atoms with Gasteiger partial charge in [-0.2, -0.15) is 0 Å². The summed E-state index contributed by atoms with van der Waals surface area (Å²) < 4.78 is 50.6. The third-order valence-corrected chi connectivity index (χ3v) is 6.47. The Morgan fingerprint density at radius 3 is 2.52 bits per heavy atom. The largest absolute Gasteiger partial charge is 0.467 e. The number of benzene rings is 1. The van der Waals surface area contributed by atoms with Crippen LogP contribution in [0.4, 0.5) is 4.39 Å². The second kappa shape index (κ2) is 11.9. The molecule has 0 spiro atoms. The van der Waals surface area contributed by atoms with Crippen molar-refractivity contribution < 1.29 is 31.6 Å². The molecule has 2 heterocycles. The van der Waals surface area contributed by atoms with Crippen molar-refractivity contribution in [1.29, 1.82) is 0 Å². The van der Waals surface area contributed by atoms with Crippen LogP contribution in [0.1, 0.15) is 5.76 Å². The smallest absolute Gasteiger partial charge is 0.241 e. The number of carbonyl (C=O) groups excluding carboxylic acids is 2. The van der Waals surface area contributed by atoms with E-state index in [-0.39, 0.29) is 24.5 Å². The maximum atomic E-state index is 13.1. The fourth-order valence-corrected chi connectivity index (χ4v) is 4.15. The normalized spacial score (nSPS) is 14.7. The van der Waals surface area contributed by atoms with Crippen molar-refractivity contribution in [3.05, 3.63) is 54.2 Å². The molecule has 1 saturated heterocycles. The summed E-state index contributed by atoms with van der Waals surface area (Å²) in [5.74, 6) is -0.952. The Balaban J connectivity index is 1.58. The van der Waals surface area contributed by atoms with Gasteiger partial charge in [-0.05, 0) is 36.4 Å².